The molecule has 0 saturated carbocycles. The maximum absolute atomic E-state index is 6.50. The van der Waals surface area contributed by atoms with Crippen molar-refractivity contribution in [3.8, 4) is 39.4 Å². The summed E-state index contributed by atoms with van der Waals surface area (Å²) in [4.78, 5) is 0. The van der Waals surface area contributed by atoms with E-state index in [1.165, 1.54) is 0 Å². The summed E-state index contributed by atoms with van der Waals surface area (Å²) in [5.41, 5.74) is 0. The van der Waals surface area contributed by atoms with Gasteiger partial charge in [0.15, 0.2) is 0 Å². The summed E-state index contributed by atoms with van der Waals surface area (Å²) < 4.78 is 0. The van der Waals surface area contributed by atoms with E-state index in [9.17, 15) is 0 Å². The summed E-state index contributed by atoms with van der Waals surface area (Å²) >= 11 is 0. The molecule has 0 rings (SSSR count). The molecular formula is C6H7FeKN6Ti. The zero-order valence-corrected chi connectivity index (χ0v) is 9.67. The summed E-state index contributed by atoms with van der Waals surface area (Å²) in [5, 5.41) is 39.0. The minimum absolute atomic E-state index is 0. The largest absolute Gasteiger partial charge is 0 e. The first-order valence-electron chi connectivity index (χ1n) is 1.55. The van der Waals surface area contributed by atoms with Crippen molar-refractivity contribution in [1.29, 1.82) is 31.6 Å². The van der Waals surface area contributed by atoms with Gasteiger partial charge < -0.3 is 0 Å². The second-order valence-corrected chi connectivity index (χ2v) is 0. The molecule has 0 saturated heterocycles. The van der Waals surface area contributed by atoms with Crippen LogP contribution < -0.4 is 0 Å². The SMILES string of the molecule is C#N.C#N.C#N.C#N.C#N.C#N.[Fe].[KH].[Ti]. The third kappa shape index (κ3) is 53400. The van der Waals surface area contributed by atoms with E-state index in [2.05, 4.69) is 39.4 Å². The Balaban J connectivity index is -0.00000000396. The van der Waals surface area contributed by atoms with E-state index in [1.54, 1.807) is 0 Å². The first-order valence-corrected chi connectivity index (χ1v) is 1.55. The Morgan fingerprint density at radius 2 is 0.400 bits per heavy atom. The number of hydrogen-bond donors (Lipinski definition) is 0. The van der Waals surface area contributed by atoms with Crippen LogP contribution in [0.25, 0.3) is 0 Å². The normalized spacial score (nSPS) is 0.800. The third-order valence-corrected chi connectivity index (χ3v) is 0. The zero-order valence-electron chi connectivity index (χ0n) is 7.00. The summed E-state index contributed by atoms with van der Waals surface area (Å²) in [7, 11) is 0. The second-order valence-electron chi connectivity index (χ2n) is 0. The van der Waals surface area contributed by atoms with Crippen LogP contribution in [-0.4, -0.2) is 51.4 Å². The van der Waals surface area contributed by atoms with Gasteiger partial charge >= 0.3 is 51.4 Å². The van der Waals surface area contributed by atoms with Gasteiger partial charge in [-0.2, -0.15) is 0 Å². The van der Waals surface area contributed by atoms with Crippen molar-refractivity contribution >= 4 is 51.4 Å². The third-order valence-electron chi connectivity index (χ3n) is 0. The van der Waals surface area contributed by atoms with Crippen molar-refractivity contribution in [2.24, 2.45) is 0 Å². The van der Waals surface area contributed by atoms with Crippen LogP contribution in [-0.2, 0) is 38.8 Å². The number of nitriles is 6. The molecule has 0 radical (unpaired) electrons. The topological polar surface area (TPSA) is 143 Å². The van der Waals surface area contributed by atoms with Gasteiger partial charge in [-0.1, -0.05) is 0 Å². The summed E-state index contributed by atoms with van der Waals surface area (Å²) in [5.74, 6) is 0. The maximum atomic E-state index is 6.50. The molecule has 0 aliphatic heterocycles. The van der Waals surface area contributed by atoms with Crippen LogP contribution in [0, 0.1) is 71.0 Å². The zero-order chi connectivity index (χ0) is 12.0. The molecule has 0 N–H and O–H groups in total. The summed E-state index contributed by atoms with van der Waals surface area (Å²) in [6.07, 6.45) is 0. The van der Waals surface area contributed by atoms with Gasteiger partial charge in [-0.25, -0.2) is 31.6 Å². The van der Waals surface area contributed by atoms with E-state index in [0.717, 1.165) is 0 Å². The quantitative estimate of drug-likeness (QED) is 0.584. The van der Waals surface area contributed by atoms with Gasteiger partial charge in [-0.05, 0) is 0 Å². The van der Waals surface area contributed by atoms with E-state index < -0.39 is 0 Å². The molecule has 74 valence electrons. The molecule has 0 amide bonds. The molecule has 0 heterocycles. The van der Waals surface area contributed by atoms with Gasteiger partial charge in [0.1, 0.15) is 0 Å². The molecule has 0 spiro atoms. The first kappa shape index (κ1) is 83.7. The second kappa shape index (κ2) is 62900. The Morgan fingerprint density at radius 3 is 0.400 bits per heavy atom. The van der Waals surface area contributed by atoms with E-state index in [4.69, 9.17) is 31.6 Å². The molecule has 0 aromatic heterocycles. The molecule has 0 aromatic rings. The van der Waals surface area contributed by atoms with Gasteiger partial charge in [0.05, 0.1) is 0 Å². The first-order chi connectivity index (χ1) is 6.00. The molecule has 0 aliphatic carbocycles. The van der Waals surface area contributed by atoms with Crippen molar-refractivity contribution in [2.45, 2.75) is 0 Å². The molecular weight excluding hydrogens is 299 g/mol. The molecule has 0 unspecified atom stereocenters. The maximum Gasteiger partial charge on any atom is 0 e. The molecule has 0 aliphatic rings. The van der Waals surface area contributed by atoms with Crippen molar-refractivity contribution in [3.05, 3.63) is 0 Å². The standard InChI is InChI=1S/6CHN.Fe.K.Ti.H/c6*1-2;;;;/h6*1H;;;;. The van der Waals surface area contributed by atoms with Gasteiger partial charge in [-0.3, -0.25) is 0 Å². The van der Waals surface area contributed by atoms with Crippen molar-refractivity contribution in [2.75, 3.05) is 0 Å². The minimum Gasteiger partial charge on any atom is 0 e. The van der Waals surface area contributed by atoms with E-state index in [0.29, 0.717) is 0 Å². The number of rotatable bonds is 0. The van der Waals surface area contributed by atoms with Crippen LogP contribution in [0.15, 0.2) is 0 Å². The number of hydrogen-bond acceptors (Lipinski definition) is 6. The van der Waals surface area contributed by atoms with Crippen LogP contribution in [0.1, 0.15) is 0 Å². The Labute approximate surface area is 158 Å². The fraction of sp³-hybridized carbons (Fsp3) is 0. The average Bonchev–Trinajstić information content (AvgIpc) is 2.33. The van der Waals surface area contributed by atoms with Crippen LogP contribution in [0.5, 0.6) is 0 Å². The van der Waals surface area contributed by atoms with Crippen LogP contribution >= 0.6 is 0 Å². The molecule has 0 atom stereocenters. The molecule has 15 heavy (non-hydrogen) atoms. The number of nitrogens with zero attached hydrogens (tertiary/aromatic N) is 6. The van der Waals surface area contributed by atoms with E-state index in [-0.39, 0.29) is 90.2 Å². The van der Waals surface area contributed by atoms with Crippen molar-refractivity contribution < 1.29 is 38.8 Å². The molecule has 9 heteroatoms. The van der Waals surface area contributed by atoms with Crippen molar-refractivity contribution in [3.63, 3.8) is 0 Å². The molecule has 0 aromatic carbocycles. The predicted molar refractivity (Wildman–Crippen MR) is 47.2 cm³/mol. The fourth-order valence-corrected chi connectivity index (χ4v) is 0. The summed E-state index contributed by atoms with van der Waals surface area (Å²) in [6, 6.07) is 0. The van der Waals surface area contributed by atoms with E-state index >= 15 is 0 Å². The fourth-order valence-electron chi connectivity index (χ4n) is 0. The minimum atomic E-state index is 0. The Bertz CT molecular complexity index is 103. The molecule has 6 nitrogen and oxygen atoms in total. The predicted octanol–water partition coefficient (Wildman–Crippen LogP) is 0.185. The van der Waals surface area contributed by atoms with Crippen molar-refractivity contribution in [1.82, 2.24) is 0 Å². The Hall–Kier alpha value is -0.190. The summed E-state index contributed by atoms with van der Waals surface area (Å²) in [6.45, 7) is 21.0. The van der Waals surface area contributed by atoms with Gasteiger partial charge in [0, 0.05) is 78.2 Å². The van der Waals surface area contributed by atoms with Crippen LogP contribution in [0.3, 0.4) is 0 Å². The Morgan fingerprint density at radius 1 is 0.400 bits per heavy atom. The Kier molecular flexibility index (Phi) is 351000. The van der Waals surface area contributed by atoms with E-state index in [1.807, 2.05) is 0 Å². The average molecular weight is 306 g/mol. The molecule has 0 fully saturated rings. The molecule has 0 bridgehead atoms. The van der Waals surface area contributed by atoms with Gasteiger partial charge in [0.2, 0.25) is 0 Å². The smallest absolute Gasteiger partial charge is 0 e. The van der Waals surface area contributed by atoms with Gasteiger partial charge in [0.25, 0.3) is 0 Å². The monoisotopic (exact) mass is 306 g/mol. The van der Waals surface area contributed by atoms with Crippen LogP contribution in [0.2, 0.25) is 0 Å². The van der Waals surface area contributed by atoms with Crippen LogP contribution in [0.4, 0.5) is 0 Å². The van der Waals surface area contributed by atoms with Gasteiger partial charge in [-0.15, -0.1) is 0 Å².